The number of aliphatic hydroxyl groups excluding tert-OH is 16. The maximum absolute atomic E-state index is 15.7. The van der Waals surface area contributed by atoms with Gasteiger partial charge in [-0.25, -0.2) is 0 Å². The van der Waals surface area contributed by atoms with E-state index in [2.05, 4.69) is 54.5 Å². The van der Waals surface area contributed by atoms with Crippen LogP contribution in [0.15, 0.2) is 11.6 Å². The summed E-state index contributed by atoms with van der Waals surface area (Å²) >= 11 is 0. The molecular formula is C62H100O29. The molecule has 522 valence electrons. The molecule has 0 spiro atoms. The van der Waals surface area contributed by atoms with Crippen LogP contribution in [0.2, 0.25) is 0 Å². The third-order valence-corrected chi connectivity index (χ3v) is 24.1. The summed E-state index contributed by atoms with van der Waals surface area (Å²) in [5.41, 5.74) is -2.54. The van der Waals surface area contributed by atoms with Crippen molar-refractivity contribution in [3.05, 3.63) is 11.6 Å². The van der Waals surface area contributed by atoms with Crippen LogP contribution < -0.4 is 0 Å². The summed E-state index contributed by atoms with van der Waals surface area (Å²) in [5.74, 6) is -1.15. The van der Waals surface area contributed by atoms with E-state index in [-0.39, 0.29) is 35.5 Å². The van der Waals surface area contributed by atoms with Gasteiger partial charge >= 0.3 is 5.97 Å². The van der Waals surface area contributed by atoms with Crippen LogP contribution in [0.1, 0.15) is 113 Å². The molecule has 11 aliphatic rings. The van der Waals surface area contributed by atoms with Crippen molar-refractivity contribution in [2.45, 2.75) is 285 Å². The molecule has 6 heterocycles. The van der Waals surface area contributed by atoms with Crippen molar-refractivity contribution in [2.75, 3.05) is 33.0 Å². The second-order valence-electron chi connectivity index (χ2n) is 30.2. The SMILES string of the molecule is C[C@@H]1O[C@@H](O[C@H]2[C@H](OC(=O)[C@]34CCC(C)(C)C[C@H]3C3=CCC5[C@@]6(C)CC[C@H](O[C@@H]7O[C@H](CO)[C@@H](O)[C@H](O)[C@H]7O)C(C)(C)C6CC[C@@]5(C)[C@]3(C)C[C@H]4O)OC[C@H](O)[C@@H]2O)[C@H](O)[C@H](O[C@@H]2OC[C@H](O)[C@H](O)[C@H]2O)[C@H]1O[C@@H]1OC[C@@H](O)[C@H](O[C@@H]2OC[C@H](O)[C@H](O)[C@H]2O)[C@H]1O. The van der Waals surface area contributed by atoms with Crippen molar-refractivity contribution in [3.8, 4) is 0 Å². The number of fused-ring (bicyclic) bond motifs is 7. The lowest BCUT2D eigenvalue weighted by Crippen LogP contribution is -2.68. The van der Waals surface area contributed by atoms with Crippen molar-refractivity contribution in [1.82, 2.24) is 0 Å². The van der Waals surface area contributed by atoms with Crippen LogP contribution in [0.4, 0.5) is 0 Å². The minimum absolute atomic E-state index is 0.107. The topological polar surface area (TPSA) is 452 Å². The molecule has 91 heavy (non-hydrogen) atoms. The van der Waals surface area contributed by atoms with Crippen LogP contribution in [-0.4, -0.2) is 293 Å². The lowest BCUT2D eigenvalue weighted by Gasteiger charge is -2.71. The summed E-state index contributed by atoms with van der Waals surface area (Å²) in [6.07, 6.45) is -37.7. The second-order valence-corrected chi connectivity index (χ2v) is 30.2. The molecule has 0 aromatic rings. The first-order valence-corrected chi connectivity index (χ1v) is 32.4. The number of allylic oxidation sites excluding steroid dienone is 2. The highest BCUT2D eigenvalue weighted by Crippen LogP contribution is 2.76. The number of aliphatic hydroxyl groups is 16. The number of carbonyl (C=O) groups excluding carboxylic acids is 1. The maximum atomic E-state index is 15.7. The van der Waals surface area contributed by atoms with E-state index in [0.29, 0.717) is 25.7 Å². The van der Waals surface area contributed by atoms with Gasteiger partial charge in [0.15, 0.2) is 37.6 Å². The normalized spacial score (nSPS) is 54.8. The monoisotopic (exact) mass is 1310 g/mol. The summed E-state index contributed by atoms with van der Waals surface area (Å²) in [6, 6.07) is 0. The molecule has 6 saturated heterocycles. The lowest BCUT2D eigenvalue weighted by molar-refractivity contribution is -0.392. The Balaban J connectivity index is 0.831. The number of hydrogen-bond donors (Lipinski definition) is 16. The average molecular weight is 1310 g/mol. The van der Waals surface area contributed by atoms with Gasteiger partial charge in [-0.05, 0) is 110 Å². The Bertz CT molecular complexity index is 2560. The van der Waals surface area contributed by atoms with Gasteiger partial charge in [-0.15, -0.1) is 0 Å². The van der Waals surface area contributed by atoms with Gasteiger partial charge in [0.1, 0.15) is 115 Å². The van der Waals surface area contributed by atoms with Crippen LogP contribution in [-0.2, 0) is 61.6 Å². The average Bonchev–Trinajstić information content (AvgIpc) is 0.680. The summed E-state index contributed by atoms with van der Waals surface area (Å²) in [7, 11) is 0. The number of esters is 1. The van der Waals surface area contributed by atoms with E-state index in [1.807, 2.05) is 0 Å². The number of rotatable bonds is 13. The van der Waals surface area contributed by atoms with Crippen LogP contribution >= 0.6 is 0 Å². The molecule has 11 rings (SSSR count). The molecule has 0 aromatic heterocycles. The van der Waals surface area contributed by atoms with Gasteiger partial charge in [-0.1, -0.05) is 60.1 Å². The van der Waals surface area contributed by atoms with Gasteiger partial charge in [0.2, 0.25) is 6.29 Å². The minimum Gasteiger partial charge on any atom is -0.432 e. The molecule has 2 unspecified atom stereocenters. The van der Waals surface area contributed by atoms with Gasteiger partial charge in [0.05, 0.1) is 51.3 Å². The number of hydrogen-bond acceptors (Lipinski definition) is 29. The predicted octanol–water partition coefficient (Wildman–Crippen LogP) is -3.83. The molecule has 35 atom stereocenters. The largest absolute Gasteiger partial charge is 0.432 e. The quantitative estimate of drug-likeness (QED) is 0.0477. The summed E-state index contributed by atoms with van der Waals surface area (Å²) in [5, 5.41) is 176. The van der Waals surface area contributed by atoms with Crippen molar-refractivity contribution in [2.24, 2.45) is 50.2 Å². The molecule has 10 fully saturated rings. The van der Waals surface area contributed by atoms with Crippen LogP contribution in [0.25, 0.3) is 0 Å². The van der Waals surface area contributed by atoms with E-state index in [1.54, 1.807) is 0 Å². The smallest absolute Gasteiger partial charge is 0.317 e. The first kappa shape index (κ1) is 70.4. The van der Waals surface area contributed by atoms with Crippen molar-refractivity contribution >= 4 is 5.97 Å². The Kier molecular flexibility index (Phi) is 20.2. The molecule has 0 radical (unpaired) electrons. The molecule has 5 aliphatic carbocycles. The highest BCUT2D eigenvalue weighted by molar-refractivity contribution is 5.80. The molecule has 0 bridgehead atoms. The molecular weight excluding hydrogens is 1210 g/mol. The zero-order valence-electron chi connectivity index (χ0n) is 52.8. The Morgan fingerprint density at radius 3 is 1.66 bits per heavy atom. The number of carbonyl (C=O) groups is 1. The first-order valence-electron chi connectivity index (χ1n) is 32.4. The van der Waals surface area contributed by atoms with E-state index in [0.717, 1.165) is 24.8 Å². The summed E-state index contributed by atoms with van der Waals surface area (Å²) in [4.78, 5) is 15.7. The third kappa shape index (κ3) is 12.0. The Hall–Kier alpha value is -1.87. The van der Waals surface area contributed by atoms with Crippen LogP contribution in [0, 0.1) is 50.2 Å². The van der Waals surface area contributed by atoms with Crippen LogP contribution in [0.5, 0.6) is 0 Å². The highest BCUT2D eigenvalue weighted by atomic mass is 16.8. The Morgan fingerprint density at radius 1 is 0.505 bits per heavy atom. The molecule has 16 N–H and O–H groups in total. The zero-order chi connectivity index (χ0) is 66.1. The van der Waals surface area contributed by atoms with E-state index < -0.39 is 239 Å². The third-order valence-electron chi connectivity index (χ3n) is 24.1. The van der Waals surface area contributed by atoms with E-state index in [9.17, 15) is 81.7 Å². The molecule has 0 aromatic carbocycles. The summed E-state index contributed by atoms with van der Waals surface area (Å²) < 4.78 is 71.9. The maximum Gasteiger partial charge on any atom is 0.317 e. The standard InChI is InChI=1S/C62H100O29/c1-24-46(87-52-44(77)47(30(67)23-82-52)88-50-41(74)36(69)27(64)20-80-50)48(89-51-42(75)37(70)28(65)21-81-51)45(78)54(84-24)90-49-38(71)29(66)22-83-55(49)91-56(79)62-16-15-57(2,3)17-26(62)25-9-10-33-59(6)13-12-35(86-53-43(76)40(73)39(72)31(19-63)85-53)58(4,5)32(59)11-14-60(33,7)61(25,8)18-34(62)68/h9,24,26-55,63-78H,10-23H2,1-8H3/t24-,26-,27-,28-,29-,30+,31+,32?,33?,34+,35-,36-,37-,38-,39+,40-,41+,42+,43+,44+,45+,46-,47-,48-,49+,50-,51-,52-,53-,54-,55-,59-,60+,61+,62+/m0/s1. The van der Waals surface area contributed by atoms with Gasteiger partial charge < -0.3 is 139 Å². The fraction of sp³-hybridized carbons (Fsp3) is 0.952. The number of ether oxygens (including phenoxy) is 12. The van der Waals surface area contributed by atoms with E-state index in [4.69, 9.17) is 56.8 Å². The zero-order valence-corrected chi connectivity index (χ0v) is 52.8. The molecule has 29 nitrogen and oxygen atoms in total. The van der Waals surface area contributed by atoms with E-state index >= 15 is 4.79 Å². The Morgan fingerprint density at radius 2 is 1.03 bits per heavy atom. The fourth-order valence-electron chi connectivity index (χ4n) is 18.4. The van der Waals surface area contributed by atoms with Gasteiger partial charge in [-0.2, -0.15) is 0 Å². The molecule has 4 saturated carbocycles. The molecule has 6 aliphatic heterocycles. The van der Waals surface area contributed by atoms with Crippen molar-refractivity contribution in [1.29, 1.82) is 0 Å². The Labute approximate surface area is 527 Å². The van der Waals surface area contributed by atoms with Gasteiger partial charge in [0, 0.05) is 0 Å². The molecule has 0 amide bonds. The van der Waals surface area contributed by atoms with Gasteiger partial charge in [-0.3, -0.25) is 4.79 Å². The van der Waals surface area contributed by atoms with Crippen molar-refractivity contribution < 1.29 is 143 Å². The molecule has 29 heteroatoms. The summed E-state index contributed by atoms with van der Waals surface area (Å²) in [6.45, 7) is 14.2. The van der Waals surface area contributed by atoms with E-state index in [1.165, 1.54) is 6.92 Å². The first-order chi connectivity index (χ1) is 42.6. The second kappa shape index (κ2) is 26.1. The highest BCUT2D eigenvalue weighted by Gasteiger charge is 2.72. The van der Waals surface area contributed by atoms with Gasteiger partial charge in [0.25, 0.3) is 0 Å². The van der Waals surface area contributed by atoms with Crippen LogP contribution in [0.3, 0.4) is 0 Å². The minimum atomic E-state index is -2.06. The predicted molar refractivity (Wildman–Crippen MR) is 304 cm³/mol. The van der Waals surface area contributed by atoms with Crippen molar-refractivity contribution in [3.63, 3.8) is 0 Å². The lowest BCUT2D eigenvalue weighted by atomic mass is 9.33. The fourth-order valence-corrected chi connectivity index (χ4v) is 18.4.